The van der Waals surface area contributed by atoms with Crippen LogP contribution in [0.15, 0.2) is 24.4 Å². The third-order valence-corrected chi connectivity index (χ3v) is 8.04. The second-order valence-corrected chi connectivity index (χ2v) is 10.3. The molecule has 0 spiro atoms. The lowest BCUT2D eigenvalue weighted by Crippen LogP contribution is -2.32. The normalized spacial score (nSPS) is 13.6. The van der Waals surface area contributed by atoms with E-state index in [2.05, 4.69) is 15.1 Å². The topological polar surface area (TPSA) is 106 Å². The van der Waals surface area contributed by atoms with Crippen LogP contribution in [0.5, 0.6) is 6.01 Å². The highest BCUT2D eigenvalue weighted by atomic mass is 32.1. The number of nitriles is 1. The standard InChI is InChI=1S/C26H18F5N7OS/c1-37-17-10-38(6-5-11(17)9-34-37)24-13-7-15(26(29,30)31)19(20(28)21(13)35-25(36-24)39-2)12-3-4-16(27)22-18(12)14(8-32)23(33)40-22/h3-4,7,9H,5-6,10,33H2,1-2H3. The Kier molecular flexibility index (Phi) is 5.81. The minimum absolute atomic E-state index is 0.0615. The van der Waals surface area contributed by atoms with E-state index in [1.807, 2.05) is 0 Å². The number of hydrogen-bond donors (Lipinski definition) is 1. The lowest BCUT2D eigenvalue weighted by atomic mass is 9.92. The molecule has 4 heterocycles. The minimum Gasteiger partial charge on any atom is -0.467 e. The third-order valence-electron chi connectivity index (χ3n) is 7.02. The maximum Gasteiger partial charge on any atom is 0.417 e. The molecule has 1 aliphatic heterocycles. The van der Waals surface area contributed by atoms with Crippen molar-refractivity contribution in [1.29, 1.82) is 5.26 Å². The van der Waals surface area contributed by atoms with Gasteiger partial charge < -0.3 is 15.4 Å². The summed E-state index contributed by atoms with van der Waals surface area (Å²) in [6, 6.07) is 4.28. The number of halogens is 5. The zero-order valence-corrected chi connectivity index (χ0v) is 21.7. The molecule has 5 aromatic rings. The van der Waals surface area contributed by atoms with Gasteiger partial charge in [0.05, 0.1) is 41.4 Å². The summed E-state index contributed by atoms with van der Waals surface area (Å²) in [5.74, 6) is -2.05. The minimum atomic E-state index is -5.03. The van der Waals surface area contributed by atoms with Gasteiger partial charge in [0.2, 0.25) is 0 Å². The highest BCUT2D eigenvalue weighted by Gasteiger charge is 2.38. The number of methoxy groups -OCH3 is 1. The first kappa shape index (κ1) is 25.8. The van der Waals surface area contributed by atoms with E-state index in [9.17, 15) is 22.8 Å². The van der Waals surface area contributed by atoms with Crippen molar-refractivity contribution in [3.05, 3.63) is 58.4 Å². The van der Waals surface area contributed by atoms with Crippen LogP contribution in [0, 0.1) is 23.0 Å². The second kappa shape index (κ2) is 9.02. The first-order chi connectivity index (χ1) is 19.0. The Bertz CT molecular complexity index is 1890. The van der Waals surface area contributed by atoms with Crippen LogP contribution in [-0.4, -0.2) is 33.4 Å². The molecule has 6 rings (SSSR count). The summed E-state index contributed by atoms with van der Waals surface area (Å²) in [5.41, 5.74) is 4.53. The van der Waals surface area contributed by atoms with E-state index in [1.54, 1.807) is 28.9 Å². The van der Waals surface area contributed by atoms with Gasteiger partial charge in [-0.25, -0.2) is 8.78 Å². The van der Waals surface area contributed by atoms with Gasteiger partial charge in [-0.05, 0) is 29.7 Å². The third kappa shape index (κ3) is 3.80. The van der Waals surface area contributed by atoms with Crippen LogP contribution in [0.4, 0.5) is 32.8 Å². The number of hydrogen-bond acceptors (Lipinski definition) is 8. The summed E-state index contributed by atoms with van der Waals surface area (Å²) in [5, 5.41) is 13.4. The predicted molar refractivity (Wildman–Crippen MR) is 139 cm³/mol. The molecule has 0 aliphatic carbocycles. The summed E-state index contributed by atoms with van der Waals surface area (Å²) in [6.45, 7) is 0.654. The Morgan fingerprint density at radius 1 is 1.20 bits per heavy atom. The van der Waals surface area contributed by atoms with Crippen molar-refractivity contribution < 1.29 is 26.7 Å². The van der Waals surface area contributed by atoms with Crippen LogP contribution in [-0.2, 0) is 26.2 Å². The number of thiophene rings is 1. The molecule has 0 fully saturated rings. The van der Waals surface area contributed by atoms with Crippen molar-refractivity contribution in [1.82, 2.24) is 19.7 Å². The van der Waals surface area contributed by atoms with Crippen molar-refractivity contribution in [2.24, 2.45) is 7.05 Å². The lowest BCUT2D eigenvalue weighted by molar-refractivity contribution is -0.137. The van der Waals surface area contributed by atoms with E-state index in [-0.39, 0.29) is 50.0 Å². The first-order valence-corrected chi connectivity index (χ1v) is 12.7. The van der Waals surface area contributed by atoms with Crippen LogP contribution in [0.2, 0.25) is 0 Å². The van der Waals surface area contributed by atoms with Gasteiger partial charge in [-0.2, -0.15) is 33.5 Å². The van der Waals surface area contributed by atoms with Crippen molar-refractivity contribution in [2.75, 3.05) is 24.3 Å². The molecule has 0 unspecified atom stereocenters. The number of aryl methyl sites for hydroxylation is 1. The summed E-state index contributed by atoms with van der Waals surface area (Å²) >= 11 is 0.702. The van der Waals surface area contributed by atoms with Gasteiger partial charge in [0.25, 0.3) is 0 Å². The quantitative estimate of drug-likeness (QED) is 0.283. The van der Waals surface area contributed by atoms with E-state index < -0.39 is 34.5 Å². The zero-order chi connectivity index (χ0) is 28.5. The number of anilines is 2. The van der Waals surface area contributed by atoms with Crippen LogP contribution in [0.1, 0.15) is 22.4 Å². The number of benzene rings is 2. The Hall–Kier alpha value is -4.51. The fraction of sp³-hybridized carbons (Fsp3) is 0.231. The molecule has 2 aromatic carbocycles. The summed E-state index contributed by atoms with van der Waals surface area (Å²) < 4.78 is 81.7. The van der Waals surface area contributed by atoms with E-state index >= 15 is 4.39 Å². The van der Waals surface area contributed by atoms with E-state index in [0.29, 0.717) is 24.3 Å². The zero-order valence-electron chi connectivity index (χ0n) is 20.9. The molecule has 0 saturated carbocycles. The predicted octanol–water partition coefficient (Wildman–Crippen LogP) is 5.57. The summed E-state index contributed by atoms with van der Waals surface area (Å²) in [6.07, 6.45) is -2.75. The average molecular weight is 572 g/mol. The van der Waals surface area contributed by atoms with Crippen LogP contribution in [0.25, 0.3) is 32.1 Å². The molecule has 8 nitrogen and oxygen atoms in total. The number of nitrogens with two attached hydrogens (primary N) is 1. The van der Waals surface area contributed by atoms with Crippen molar-refractivity contribution in [2.45, 2.75) is 19.1 Å². The highest BCUT2D eigenvalue weighted by Crippen LogP contribution is 2.48. The number of alkyl halides is 3. The lowest BCUT2D eigenvalue weighted by Gasteiger charge is -2.29. The first-order valence-electron chi connectivity index (χ1n) is 11.8. The second-order valence-electron chi connectivity index (χ2n) is 9.20. The van der Waals surface area contributed by atoms with Crippen LogP contribution < -0.4 is 15.4 Å². The van der Waals surface area contributed by atoms with Crippen molar-refractivity contribution in [3.8, 4) is 23.2 Å². The Labute approximate surface area is 227 Å². The van der Waals surface area contributed by atoms with E-state index in [1.165, 1.54) is 7.11 Å². The Morgan fingerprint density at radius 3 is 2.67 bits per heavy atom. The molecule has 3 aromatic heterocycles. The number of aromatic nitrogens is 4. The van der Waals surface area contributed by atoms with Crippen LogP contribution in [0.3, 0.4) is 0 Å². The molecule has 40 heavy (non-hydrogen) atoms. The van der Waals surface area contributed by atoms with E-state index in [0.717, 1.165) is 29.5 Å². The van der Waals surface area contributed by atoms with Gasteiger partial charge >= 0.3 is 12.2 Å². The number of nitrogens with zero attached hydrogens (tertiary/aromatic N) is 6. The number of ether oxygens (including phenoxy) is 1. The van der Waals surface area contributed by atoms with Gasteiger partial charge in [-0.1, -0.05) is 6.07 Å². The number of rotatable bonds is 3. The fourth-order valence-corrected chi connectivity index (χ4v) is 6.09. The molecular formula is C26H18F5N7OS. The Morgan fingerprint density at radius 2 is 1.98 bits per heavy atom. The molecule has 0 amide bonds. The molecule has 0 atom stereocenters. The van der Waals surface area contributed by atoms with Gasteiger partial charge in [-0.3, -0.25) is 4.68 Å². The summed E-state index contributed by atoms with van der Waals surface area (Å²) in [4.78, 5) is 10.1. The molecule has 2 N–H and O–H groups in total. The summed E-state index contributed by atoms with van der Waals surface area (Å²) in [7, 11) is 3.02. The van der Waals surface area contributed by atoms with Crippen molar-refractivity contribution >= 4 is 43.1 Å². The molecule has 0 radical (unpaired) electrons. The molecule has 204 valence electrons. The monoisotopic (exact) mass is 571 g/mol. The highest BCUT2D eigenvalue weighted by molar-refractivity contribution is 7.23. The molecule has 1 aliphatic rings. The largest absolute Gasteiger partial charge is 0.467 e. The maximum absolute atomic E-state index is 16.5. The smallest absolute Gasteiger partial charge is 0.417 e. The van der Waals surface area contributed by atoms with Crippen molar-refractivity contribution in [3.63, 3.8) is 0 Å². The van der Waals surface area contributed by atoms with Gasteiger partial charge in [0, 0.05) is 29.9 Å². The molecule has 0 saturated heterocycles. The number of fused-ring (bicyclic) bond motifs is 3. The number of nitrogen functional groups attached to an aromatic ring is 1. The SMILES string of the molecule is COc1nc(N2CCc3cnn(C)c3C2)c2cc(C(F)(F)F)c(-c3ccc(F)c4sc(N)c(C#N)c34)c(F)c2n1. The van der Waals surface area contributed by atoms with Gasteiger partial charge in [0.15, 0.2) is 5.82 Å². The maximum atomic E-state index is 16.5. The molecular weight excluding hydrogens is 553 g/mol. The fourth-order valence-electron chi connectivity index (χ4n) is 5.14. The molecule has 14 heteroatoms. The van der Waals surface area contributed by atoms with Crippen LogP contribution >= 0.6 is 11.3 Å². The van der Waals surface area contributed by atoms with Gasteiger partial charge in [-0.15, -0.1) is 11.3 Å². The average Bonchev–Trinajstić information content (AvgIpc) is 3.47. The van der Waals surface area contributed by atoms with E-state index in [4.69, 9.17) is 10.5 Å². The van der Waals surface area contributed by atoms with Gasteiger partial charge in [0.1, 0.15) is 28.2 Å². The Balaban J connectivity index is 1.68. The molecule has 0 bridgehead atoms.